The molecule has 73 heavy (non-hydrogen) atoms. The average molecular weight is 1130 g/mol. The van der Waals surface area contributed by atoms with Gasteiger partial charge in [0.2, 0.25) is 0 Å². The summed E-state index contributed by atoms with van der Waals surface area (Å²) in [5, 5.41) is 8.77. The molecule has 4 aromatic heterocycles. The molecule has 0 amide bonds. The monoisotopic (exact) mass is 1130 g/mol. The summed E-state index contributed by atoms with van der Waals surface area (Å²) in [6, 6.07) is 10.7. The Hall–Kier alpha value is -5.17. The lowest BCUT2D eigenvalue weighted by Gasteiger charge is -2.21. The normalized spacial score (nSPS) is 22.3. The van der Waals surface area contributed by atoms with Crippen molar-refractivity contribution in [3.05, 3.63) is 98.7 Å². The third-order valence-corrected chi connectivity index (χ3v) is 13.8. The fourth-order valence-electron chi connectivity index (χ4n) is 9.03. The highest BCUT2D eigenvalue weighted by atomic mass is 79.9. The van der Waals surface area contributed by atoms with Gasteiger partial charge >= 0.3 is 36.6 Å². The van der Waals surface area contributed by atoms with Crippen molar-refractivity contribution in [1.82, 2.24) is 19.9 Å². The van der Waals surface area contributed by atoms with E-state index in [1.165, 1.54) is 38.0 Å². The Morgan fingerprint density at radius 3 is 1.19 bits per heavy atom. The number of aromatic nitrogens is 4. The molecule has 0 spiro atoms. The number of halogens is 14. The Kier molecular flexibility index (Phi) is 16.7. The third kappa shape index (κ3) is 13.8. The molecule has 10 rings (SSSR count). The van der Waals surface area contributed by atoms with E-state index >= 15 is 0 Å². The number of fused-ring (bicyclic) bond motifs is 3. The van der Waals surface area contributed by atoms with Gasteiger partial charge < -0.3 is 29.3 Å². The van der Waals surface area contributed by atoms with Gasteiger partial charge in [0.15, 0.2) is 22.8 Å². The van der Waals surface area contributed by atoms with Crippen LogP contribution in [-0.4, -0.2) is 89.5 Å². The standard InChI is InChI=1S/C14H15F3N2O2.C12H12BrF3N2.C12H13F3N2O.C9H7ClF3NO2/c1-2-21-13(20)10-3-4-11(18-12(10)14(15,16)17)19-6-8-5-9(8)7-19;13-4-7-1-2-10(17-11(7)12(14,15)16)18-5-8-3-9(8)6-18;13-12(14,15)11-7(6-18)1-2-10(16-11)17-4-8-3-9(8)5-17;1-2-16-8(15)5-3-4-6(10)14-7(5)9(11,12)13/h3-4,8-9H,2,5-7H2,1H3;1-2,8-9H,3-6H2;1-2,8-9,18H,3-6H2;3-4H,2H2,1H3. The Labute approximate surface area is 423 Å². The summed E-state index contributed by atoms with van der Waals surface area (Å²) in [6.45, 7) is 7.19. The Morgan fingerprint density at radius 2 is 0.849 bits per heavy atom. The molecule has 3 aliphatic heterocycles. The first-order valence-corrected chi connectivity index (χ1v) is 24.5. The molecular weight excluding hydrogens is 1090 g/mol. The number of nitrogens with zero attached hydrogens (tertiary/aromatic N) is 7. The maximum atomic E-state index is 13.1. The zero-order chi connectivity index (χ0) is 53.4. The molecule has 6 aliphatic rings. The first-order valence-electron chi connectivity index (χ1n) is 23.0. The molecule has 6 unspecified atom stereocenters. The van der Waals surface area contributed by atoms with Crippen molar-refractivity contribution < 1.29 is 76.9 Å². The van der Waals surface area contributed by atoms with Crippen molar-refractivity contribution in [2.75, 3.05) is 67.2 Å². The Morgan fingerprint density at radius 1 is 0.534 bits per heavy atom. The van der Waals surface area contributed by atoms with Crippen LogP contribution in [0.4, 0.5) is 70.1 Å². The van der Waals surface area contributed by atoms with Gasteiger partial charge in [-0.15, -0.1) is 0 Å². The number of hydrogen-bond acceptors (Lipinski definition) is 12. The number of hydrogen-bond donors (Lipinski definition) is 1. The summed E-state index contributed by atoms with van der Waals surface area (Å²) in [6.07, 6.45) is -14.8. The molecule has 398 valence electrons. The largest absolute Gasteiger partial charge is 0.462 e. The molecule has 12 nitrogen and oxygen atoms in total. The van der Waals surface area contributed by atoms with Gasteiger partial charge in [-0.25, -0.2) is 29.5 Å². The van der Waals surface area contributed by atoms with Crippen molar-refractivity contribution in [2.45, 2.75) is 69.8 Å². The number of rotatable bonds is 9. The van der Waals surface area contributed by atoms with E-state index in [1.54, 1.807) is 19.1 Å². The van der Waals surface area contributed by atoms with Crippen LogP contribution >= 0.6 is 27.5 Å². The van der Waals surface area contributed by atoms with Crippen LogP contribution in [0.25, 0.3) is 0 Å². The smallest absolute Gasteiger partial charge is 0.434 e. The van der Waals surface area contributed by atoms with Crippen LogP contribution in [0.2, 0.25) is 5.15 Å². The SMILES string of the molecule is CCOC(=O)c1ccc(Cl)nc1C(F)(F)F.CCOC(=O)c1ccc(N2CC3CC3C2)nc1C(F)(F)F.FC(F)(F)c1nc(N2CC3CC3C2)ccc1CBr.OCc1ccc(N2CC3CC3C2)nc1C(F)(F)F. The van der Waals surface area contributed by atoms with E-state index in [9.17, 15) is 62.3 Å². The number of aliphatic hydroxyl groups excluding tert-OH is 1. The number of alkyl halides is 13. The molecule has 1 N–H and O–H groups in total. The van der Waals surface area contributed by atoms with Crippen LogP contribution in [0.3, 0.4) is 0 Å². The Balaban J connectivity index is 0.000000143. The van der Waals surface area contributed by atoms with E-state index < -0.39 is 77.2 Å². The highest BCUT2D eigenvalue weighted by molar-refractivity contribution is 9.08. The fraction of sp³-hybridized carbons (Fsp3) is 0.532. The van der Waals surface area contributed by atoms with Crippen LogP contribution in [0, 0.1) is 35.5 Å². The third-order valence-electron chi connectivity index (χ3n) is 13.0. The molecule has 7 heterocycles. The van der Waals surface area contributed by atoms with Crippen molar-refractivity contribution in [2.24, 2.45) is 35.5 Å². The minimum absolute atomic E-state index is 0.0151. The van der Waals surface area contributed by atoms with Crippen LogP contribution in [-0.2, 0) is 46.1 Å². The highest BCUT2D eigenvalue weighted by Crippen LogP contribution is 2.48. The highest BCUT2D eigenvalue weighted by Gasteiger charge is 2.49. The molecule has 0 radical (unpaired) electrons. The quantitative estimate of drug-likeness (QED) is 0.0740. The van der Waals surface area contributed by atoms with E-state index in [1.807, 2.05) is 14.7 Å². The molecule has 6 fully saturated rings. The number of aliphatic hydroxyl groups is 1. The van der Waals surface area contributed by atoms with Gasteiger partial charge in [-0.1, -0.05) is 39.7 Å². The minimum atomic E-state index is -4.74. The number of carbonyl (C=O) groups excluding carboxylic acids is 2. The van der Waals surface area contributed by atoms with E-state index in [2.05, 4.69) is 45.3 Å². The molecule has 4 aromatic rings. The lowest BCUT2D eigenvalue weighted by molar-refractivity contribution is -0.142. The minimum Gasteiger partial charge on any atom is -0.462 e. The molecule has 3 aliphatic carbocycles. The van der Waals surface area contributed by atoms with Crippen LogP contribution < -0.4 is 14.7 Å². The summed E-state index contributed by atoms with van der Waals surface area (Å²) < 4.78 is 163. The van der Waals surface area contributed by atoms with Gasteiger partial charge in [-0.3, -0.25) is 0 Å². The van der Waals surface area contributed by atoms with Gasteiger partial charge in [-0.05, 0) is 111 Å². The van der Waals surface area contributed by atoms with Crippen molar-refractivity contribution in [3.63, 3.8) is 0 Å². The summed E-state index contributed by atoms with van der Waals surface area (Å²) in [5.74, 6) is 2.85. The van der Waals surface area contributed by atoms with E-state index in [0.717, 1.165) is 63.9 Å². The lowest BCUT2D eigenvalue weighted by atomic mass is 10.2. The zero-order valence-corrected chi connectivity index (χ0v) is 41.1. The molecule has 0 aromatic carbocycles. The number of piperidine rings is 3. The summed E-state index contributed by atoms with van der Waals surface area (Å²) in [5.41, 5.74) is -5.39. The lowest BCUT2D eigenvalue weighted by Crippen LogP contribution is -2.25. The second kappa shape index (κ2) is 22.0. The van der Waals surface area contributed by atoms with E-state index in [4.69, 9.17) is 16.7 Å². The van der Waals surface area contributed by atoms with E-state index in [0.29, 0.717) is 47.1 Å². The van der Waals surface area contributed by atoms with E-state index in [-0.39, 0.29) is 40.6 Å². The first kappa shape index (κ1) is 55.6. The second-order valence-corrected chi connectivity index (χ2v) is 19.1. The summed E-state index contributed by atoms with van der Waals surface area (Å²) in [7, 11) is 0. The summed E-state index contributed by atoms with van der Waals surface area (Å²) >= 11 is 8.41. The van der Waals surface area contributed by atoms with Gasteiger partial charge in [0.25, 0.3) is 0 Å². The van der Waals surface area contributed by atoms with Crippen LogP contribution in [0.1, 0.15) is 87.7 Å². The van der Waals surface area contributed by atoms with Gasteiger partial charge in [0.05, 0.1) is 30.9 Å². The summed E-state index contributed by atoms with van der Waals surface area (Å²) in [4.78, 5) is 42.8. The molecule has 26 heteroatoms. The maximum absolute atomic E-state index is 13.1. The second-order valence-electron chi connectivity index (χ2n) is 18.2. The first-order chi connectivity index (χ1) is 34.2. The predicted octanol–water partition coefficient (Wildman–Crippen LogP) is 11.2. The molecule has 3 saturated carbocycles. The fourth-order valence-corrected chi connectivity index (χ4v) is 9.63. The van der Waals surface area contributed by atoms with Gasteiger partial charge in [0.1, 0.15) is 22.6 Å². The van der Waals surface area contributed by atoms with Crippen molar-refractivity contribution in [1.29, 1.82) is 0 Å². The number of pyridine rings is 4. The molecule has 0 bridgehead atoms. The van der Waals surface area contributed by atoms with Crippen molar-refractivity contribution in [3.8, 4) is 0 Å². The molecule has 3 saturated heterocycles. The number of anilines is 3. The zero-order valence-electron chi connectivity index (χ0n) is 38.8. The topological polar surface area (TPSA) is 134 Å². The average Bonchev–Trinajstić information content (AvgIpc) is 4.28. The van der Waals surface area contributed by atoms with Gasteiger partial charge in [0, 0.05) is 50.2 Å². The van der Waals surface area contributed by atoms with Gasteiger partial charge in [-0.2, -0.15) is 52.7 Å². The number of ether oxygens (including phenoxy) is 2. The molecular formula is C47H47BrClF12N7O5. The predicted molar refractivity (Wildman–Crippen MR) is 244 cm³/mol. The number of carbonyl (C=O) groups is 2. The number of esters is 2. The van der Waals surface area contributed by atoms with Crippen LogP contribution in [0.5, 0.6) is 0 Å². The maximum Gasteiger partial charge on any atom is 0.434 e. The van der Waals surface area contributed by atoms with Crippen LogP contribution in [0.15, 0.2) is 48.5 Å². The Bertz CT molecular complexity index is 2530. The van der Waals surface area contributed by atoms with Crippen molar-refractivity contribution >= 4 is 56.9 Å². The molecule has 6 atom stereocenters.